The molecule has 24 heavy (non-hydrogen) atoms. The maximum absolute atomic E-state index is 13.8. The van der Waals surface area contributed by atoms with Crippen molar-refractivity contribution in [3.63, 3.8) is 0 Å². The summed E-state index contributed by atoms with van der Waals surface area (Å²) in [6.07, 6.45) is 1.58. The SMILES string of the molecule is C[C@H](NC(=O)c1ccc(-c2ccccc2F)cc1)c1nncn1C. The number of hydrogen-bond acceptors (Lipinski definition) is 3. The summed E-state index contributed by atoms with van der Waals surface area (Å²) in [4.78, 5) is 12.3. The Balaban J connectivity index is 1.75. The number of aryl methyl sites for hydroxylation is 1. The zero-order valence-corrected chi connectivity index (χ0v) is 13.4. The average molecular weight is 324 g/mol. The molecule has 3 aromatic rings. The van der Waals surface area contributed by atoms with Gasteiger partial charge in [0.2, 0.25) is 0 Å². The Labute approximate surface area is 139 Å². The fourth-order valence-corrected chi connectivity index (χ4v) is 2.53. The minimum Gasteiger partial charge on any atom is -0.342 e. The molecule has 0 bridgehead atoms. The molecule has 1 N–H and O–H groups in total. The number of hydrogen-bond donors (Lipinski definition) is 1. The highest BCUT2D eigenvalue weighted by molar-refractivity contribution is 5.94. The Morgan fingerprint density at radius 1 is 1.17 bits per heavy atom. The van der Waals surface area contributed by atoms with E-state index in [4.69, 9.17) is 0 Å². The number of carbonyl (C=O) groups excluding carboxylic acids is 1. The van der Waals surface area contributed by atoms with Crippen LogP contribution in [0.1, 0.15) is 29.1 Å². The van der Waals surface area contributed by atoms with Crippen LogP contribution in [0, 0.1) is 5.82 Å². The average Bonchev–Trinajstić information content (AvgIpc) is 3.01. The quantitative estimate of drug-likeness (QED) is 0.802. The van der Waals surface area contributed by atoms with Crippen LogP contribution in [0.4, 0.5) is 4.39 Å². The van der Waals surface area contributed by atoms with Crippen LogP contribution in [0.15, 0.2) is 54.9 Å². The van der Waals surface area contributed by atoms with Gasteiger partial charge in [-0.25, -0.2) is 4.39 Å². The topological polar surface area (TPSA) is 59.8 Å². The number of nitrogens with one attached hydrogen (secondary N) is 1. The zero-order chi connectivity index (χ0) is 17.1. The molecule has 0 fully saturated rings. The van der Waals surface area contributed by atoms with Crippen LogP contribution in [0.3, 0.4) is 0 Å². The van der Waals surface area contributed by atoms with Crippen LogP contribution in [0.2, 0.25) is 0 Å². The van der Waals surface area contributed by atoms with Crippen molar-refractivity contribution in [2.24, 2.45) is 7.05 Å². The van der Waals surface area contributed by atoms with Crippen molar-refractivity contribution in [1.29, 1.82) is 0 Å². The minimum absolute atomic E-state index is 0.217. The van der Waals surface area contributed by atoms with Gasteiger partial charge in [-0.1, -0.05) is 30.3 Å². The minimum atomic E-state index is -0.286. The first-order chi connectivity index (χ1) is 11.6. The van der Waals surface area contributed by atoms with Gasteiger partial charge in [0.1, 0.15) is 12.1 Å². The molecule has 5 nitrogen and oxygen atoms in total. The molecule has 0 aliphatic carbocycles. The molecule has 1 amide bonds. The second-order valence-electron chi connectivity index (χ2n) is 5.55. The molecule has 0 aliphatic heterocycles. The lowest BCUT2D eigenvalue weighted by atomic mass is 10.0. The third kappa shape index (κ3) is 3.17. The van der Waals surface area contributed by atoms with Crippen molar-refractivity contribution >= 4 is 5.91 Å². The lowest BCUT2D eigenvalue weighted by Crippen LogP contribution is -2.28. The normalized spacial score (nSPS) is 12.0. The van der Waals surface area contributed by atoms with E-state index in [1.165, 1.54) is 6.07 Å². The van der Waals surface area contributed by atoms with Gasteiger partial charge in [-0.15, -0.1) is 10.2 Å². The van der Waals surface area contributed by atoms with Gasteiger partial charge in [0, 0.05) is 18.2 Å². The molecule has 0 radical (unpaired) electrons. The molecule has 122 valence electrons. The predicted molar refractivity (Wildman–Crippen MR) is 88.7 cm³/mol. The summed E-state index contributed by atoms with van der Waals surface area (Å²) in [5.41, 5.74) is 1.74. The van der Waals surface area contributed by atoms with Gasteiger partial charge in [-0.2, -0.15) is 0 Å². The molecular weight excluding hydrogens is 307 g/mol. The highest BCUT2D eigenvalue weighted by atomic mass is 19.1. The Kier molecular flexibility index (Phi) is 4.37. The maximum atomic E-state index is 13.8. The Hall–Kier alpha value is -3.02. The number of rotatable bonds is 4. The van der Waals surface area contributed by atoms with Gasteiger partial charge in [0.25, 0.3) is 5.91 Å². The van der Waals surface area contributed by atoms with Crippen LogP contribution < -0.4 is 5.32 Å². The standard InChI is InChI=1S/C18H17FN4O/c1-12(17-22-20-11-23(17)2)21-18(24)14-9-7-13(8-10-14)15-5-3-4-6-16(15)19/h3-12H,1-2H3,(H,21,24)/t12-/m0/s1. The first kappa shape index (κ1) is 15.9. The maximum Gasteiger partial charge on any atom is 0.251 e. The molecule has 2 aromatic carbocycles. The van der Waals surface area contributed by atoms with E-state index in [1.807, 2.05) is 14.0 Å². The molecule has 1 aromatic heterocycles. The van der Waals surface area contributed by atoms with Crippen LogP contribution in [-0.2, 0) is 7.05 Å². The van der Waals surface area contributed by atoms with E-state index in [0.717, 1.165) is 5.56 Å². The summed E-state index contributed by atoms with van der Waals surface area (Å²) in [6, 6.07) is 13.1. The van der Waals surface area contributed by atoms with E-state index in [1.54, 1.807) is 53.4 Å². The van der Waals surface area contributed by atoms with Crippen LogP contribution in [0.5, 0.6) is 0 Å². The number of halogens is 1. The molecule has 0 saturated heterocycles. The second-order valence-corrected chi connectivity index (χ2v) is 5.55. The highest BCUT2D eigenvalue weighted by Gasteiger charge is 2.15. The second kappa shape index (κ2) is 6.62. The lowest BCUT2D eigenvalue weighted by Gasteiger charge is -2.13. The van der Waals surface area contributed by atoms with E-state index >= 15 is 0 Å². The van der Waals surface area contributed by atoms with E-state index < -0.39 is 0 Å². The number of aromatic nitrogens is 3. The molecule has 1 atom stereocenters. The molecule has 0 saturated carbocycles. The van der Waals surface area contributed by atoms with Crippen molar-refractivity contribution in [1.82, 2.24) is 20.1 Å². The lowest BCUT2D eigenvalue weighted by molar-refractivity contribution is 0.0938. The van der Waals surface area contributed by atoms with Crippen molar-refractivity contribution < 1.29 is 9.18 Å². The molecule has 1 heterocycles. The monoisotopic (exact) mass is 324 g/mol. The van der Waals surface area contributed by atoms with Crippen molar-refractivity contribution in [2.45, 2.75) is 13.0 Å². The van der Waals surface area contributed by atoms with Gasteiger partial charge in [0.05, 0.1) is 6.04 Å². The fraction of sp³-hybridized carbons (Fsp3) is 0.167. The Morgan fingerprint density at radius 2 is 1.88 bits per heavy atom. The smallest absolute Gasteiger partial charge is 0.251 e. The molecule has 0 spiro atoms. The van der Waals surface area contributed by atoms with Crippen LogP contribution in [-0.4, -0.2) is 20.7 Å². The van der Waals surface area contributed by atoms with Crippen molar-refractivity contribution in [3.8, 4) is 11.1 Å². The van der Waals surface area contributed by atoms with Gasteiger partial charge in [-0.05, 0) is 30.7 Å². The number of nitrogens with zero attached hydrogens (tertiary/aromatic N) is 3. The number of amides is 1. The summed E-state index contributed by atoms with van der Waals surface area (Å²) < 4.78 is 15.6. The molecule has 6 heteroatoms. The summed E-state index contributed by atoms with van der Waals surface area (Å²) >= 11 is 0. The third-order valence-electron chi connectivity index (χ3n) is 3.81. The first-order valence-corrected chi connectivity index (χ1v) is 7.56. The fourth-order valence-electron chi connectivity index (χ4n) is 2.53. The van der Waals surface area contributed by atoms with Gasteiger partial charge >= 0.3 is 0 Å². The molecule has 0 unspecified atom stereocenters. The molecule has 0 aliphatic rings. The van der Waals surface area contributed by atoms with Gasteiger partial charge < -0.3 is 9.88 Å². The van der Waals surface area contributed by atoms with Crippen LogP contribution >= 0.6 is 0 Å². The van der Waals surface area contributed by atoms with E-state index in [-0.39, 0.29) is 17.8 Å². The van der Waals surface area contributed by atoms with Crippen molar-refractivity contribution in [2.75, 3.05) is 0 Å². The zero-order valence-electron chi connectivity index (χ0n) is 13.4. The molecule has 3 rings (SSSR count). The van der Waals surface area contributed by atoms with E-state index in [2.05, 4.69) is 15.5 Å². The summed E-state index contributed by atoms with van der Waals surface area (Å²) in [5, 5.41) is 10.7. The van der Waals surface area contributed by atoms with Crippen molar-refractivity contribution in [3.05, 3.63) is 72.1 Å². The van der Waals surface area contributed by atoms with Gasteiger partial charge in [-0.3, -0.25) is 4.79 Å². The number of carbonyl (C=O) groups is 1. The van der Waals surface area contributed by atoms with Crippen LogP contribution in [0.25, 0.3) is 11.1 Å². The predicted octanol–water partition coefficient (Wildman–Crippen LogP) is 3.11. The first-order valence-electron chi connectivity index (χ1n) is 7.56. The summed E-state index contributed by atoms with van der Waals surface area (Å²) in [6.45, 7) is 1.84. The molecular formula is C18H17FN4O. The summed E-state index contributed by atoms with van der Waals surface area (Å²) in [7, 11) is 1.82. The van der Waals surface area contributed by atoms with E-state index in [0.29, 0.717) is 17.0 Å². The van der Waals surface area contributed by atoms with Gasteiger partial charge in [0.15, 0.2) is 5.82 Å². The largest absolute Gasteiger partial charge is 0.342 e. The number of benzene rings is 2. The Bertz CT molecular complexity index is 857. The summed E-state index contributed by atoms with van der Waals surface area (Å²) in [5.74, 6) is 0.169. The highest BCUT2D eigenvalue weighted by Crippen LogP contribution is 2.23. The Morgan fingerprint density at radius 3 is 2.50 bits per heavy atom. The third-order valence-corrected chi connectivity index (χ3v) is 3.81. The van der Waals surface area contributed by atoms with E-state index in [9.17, 15) is 9.18 Å².